The summed E-state index contributed by atoms with van der Waals surface area (Å²) >= 11 is 0. The number of rotatable bonds is 4. The molecule has 0 bridgehead atoms. The summed E-state index contributed by atoms with van der Waals surface area (Å²) in [5.74, 6) is 1.24. The number of nitrogens with two attached hydrogens (primary N) is 1. The SMILES string of the molecule is COc1ccc2c(c1)OC(C)(CCCC(F)(F)F)C[C@@H]2N. The van der Waals surface area contributed by atoms with E-state index in [9.17, 15) is 13.2 Å². The fraction of sp³-hybridized carbons (Fsp3) is 0.600. The van der Waals surface area contributed by atoms with Crippen LogP contribution in [0.2, 0.25) is 0 Å². The highest BCUT2D eigenvalue weighted by atomic mass is 19.4. The van der Waals surface area contributed by atoms with Crippen LogP contribution in [0, 0.1) is 0 Å². The molecular formula is C15H20F3NO2. The predicted molar refractivity (Wildman–Crippen MR) is 73.5 cm³/mol. The van der Waals surface area contributed by atoms with Gasteiger partial charge in [-0.15, -0.1) is 0 Å². The molecule has 0 aromatic heterocycles. The minimum Gasteiger partial charge on any atom is -0.497 e. The van der Waals surface area contributed by atoms with E-state index in [0.29, 0.717) is 24.3 Å². The fourth-order valence-corrected chi connectivity index (χ4v) is 2.73. The number of ether oxygens (including phenoxy) is 2. The monoisotopic (exact) mass is 303 g/mol. The summed E-state index contributed by atoms with van der Waals surface area (Å²) in [6.07, 6.45) is -4.08. The van der Waals surface area contributed by atoms with Crippen LogP contribution in [0.3, 0.4) is 0 Å². The first-order valence-electron chi connectivity index (χ1n) is 6.92. The molecule has 0 fully saturated rings. The van der Waals surface area contributed by atoms with Crippen molar-refractivity contribution >= 4 is 0 Å². The highest BCUT2D eigenvalue weighted by Crippen LogP contribution is 2.42. The Morgan fingerprint density at radius 3 is 2.76 bits per heavy atom. The highest BCUT2D eigenvalue weighted by Gasteiger charge is 2.37. The third-order valence-corrected chi connectivity index (χ3v) is 3.79. The summed E-state index contributed by atoms with van der Waals surface area (Å²) in [6.45, 7) is 1.81. The van der Waals surface area contributed by atoms with Crippen molar-refractivity contribution < 1.29 is 22.6 Å². The first-order valence-corrected chi connectivity index (χ1v) is 6.92. The van der Waals surface area contributed by atoms with Gasteiger partial charge in [-0.2, -0.15) is 13.2 Å². The molecule has 1 aliphatic rings. The van der Waals surface area contributed by atoms with E-state index in [0.717, 1.165) is 5.56 Å². The largest absolute Gasteiger partial charge is 0.497 e. The number of methoxy groups -OCH3 is 1. The lowest BCUT2D eigenvalue weighted by Crippen LogP contribution is -2.40. The summed E-state index contributed by atoms with van der Waals surface area (Å²) in [6, 6.07) is 5.13. The van der Waals surface area contributed by atoms with Crippen LogP contribution >= 0.6 is 0 Å². The zero-order chi connectivity index (χ0) is 15.7. The molecule has 0 saturated heterocycles. The van der Waals surface area contributed by atoms with Gasteiger partial charge in [0.25, 0.3) is 0 Å². The van der Waals surface area contributed by atoms with E-state index in [1.54, 1.807) is 19.2 Å². The van der Waals surface area contributed by atoms with E-state index in [4.69, 9.17) is 15.2 Å². The Balaban J connectivity index is 2.10. The summed E-state index contributed by atoms with van der Waals surface area (Å²) in [5.41, 5.74) is 6.32. The molecule has 2 N–H and O–H groups in total. The Kier molecular flexibility index (Phi) is 4.37. The Morgan fingerprint density at radius 2 is 2.14 bits per heavy atom. The molecule has 118 valence electrons. The first-order chi connectivity index (χ1) is 9.72. The van der Waals surface area contributed by atoms with Gasteiger partial charge in [-0.3, -0.25) is 0 Å². The standard InChI is InChI=1S/C15H20F3NO2/c1-14(6-3-7-15(16,17)18)9-12(19)11-5-4-10(20-2)8-13(11)21-14/h4-5,8,12H,3,6-7,9,19H2,1-2H3/t12-,14?/m0/s1. The molecule has 3 nitrogen and oxygen atoms in total. The van der Waals surface area contributed by atoms with Crippen molar-refractivity contribution in [2.45, 2.75) is 50.4 Å². The predicted octanol–water partition coefficient (Wildman–Crippen LogP) is 3.97. The maximum Gasteiger partial charge on any atom is 0.389 e. The molecule has 1 aromatic rings. The van der Waals surface area contributed by atoms with E-state index in [-0.39, 0.29) is 12.5 Å². The van der Waals surface area contributed by atoms with E-state index in [2.05, 4.69) is 0 Å². The molecule has 0 saturated carbocycles. The maximum atomic E-state index is 12.3. The summed E-state index contributed by atoms with van der Waals surface area (Å²) in [7, 11) is 1.55. The van der Waals surface area contributed by atoms with Crippen LogP contribution in [-0.4, -0.2) is 18.9 Å². The van der Waals surface area contributed by atoms with Crippen molar-refractivity contribution in [1.82, 2.24) is 0 Å². The van der Waals surface area contributed by atoms with Crippen molar-refractivity contribution in [3.63, 3.8) is 0 Å². The van der Waals surface area contributed by atoms with Crippen molar-refractivity contribution in [2.24, 2.45) is 5.73 Å². The Morgan fingerprint density at radius 1 is 1.43 bits per heavy atom. The molecule has 0 aliphatic carbocycles. The van der Waals surface area contributed by atoms with Crippen LogP contribution in [0.4, 0.5) is 13.2 Å². The van der Waals surface area contributed by atoms with Gasteiger partial charge in [-0.05, 0) is 25.8 Å². The van der Waals surface area contributed by atoms with Crippen LogP contribution in [0.15, 0.2) is 18.2 Å². The van der Waals surface area contributed by atoms with Crippen molar-refractivity contribution in [1.29, 1.82) is 0 Å². The average molecular weight is 303 g/mol. The number of hydrogen-bond donors (Lipinski definition) is 1. The van der Waals surface area contributed by atoms with Gasteiger partial charge in [0.15, 0.2) is 0 Å². The second-order valence-electron chi connectivity index (χ2n) is 5.74. The third kappa shape index (κ3) is 4.03. The summed E-state index contributed by atoms with van der Waals surface area (Å²) in [5, 5.41) is 0. The van der Waals surface area contributed by atoms with Crippen molar-refractivity contribution in [2.75, 3.05) is 7.11 Å². The quantitative estimate of drug-likeness (QED) is 0.915. The number of halogens is 3. The van der Waals surface area contributed by atoms with Gasteiger partial charge in [0, 0.05) is 30.5 Å². The second kappa shape index (κ2) is 5.75. The zero-order valence-electron chi connectivity index (χ0n) is 12.2. The molecule has 0 amide bonds. The van der Waals surface area contributed by atoms with E-state index in [1.165, 1.54) is 0 Å². The lowest BCUT2D eigenvalue weighted by Gasteiger charge is -2.39. The molecule has 1 unspecified atom stereocenters. The number of fused-ring (bicyclic) bond motifs is 1. The highest BCUT2D eigenvalue weighted by molar-refractivity contribution is 5.44. The summed E-state index contributed by atoms with van der Waals surface area (Å²) in [4.78, 5) is 0. The minimum atomic E-state index is -4.13. The molecule has 2 rings (SSSR count). The molecule has 2 atom stereocenters. The molecular weight excluding hydrogens is 283 g/mol. The van der Waals surface area contributed by atoms with Gasteiger partial charge >= 0.3 is 6.18 Å². The summed E-state index contributed by atoms with van der Waals surface area (Å²) < 4.78 is 47.9. The molecule has 1 heterocycles. The second-order valence-corrected chi connectivity index (χ2v) is 5.74. The van der Waals surface area contributed by atoms with Gasteiger partial charge in [0.2, 0.25) is 0 Å². The van der Waals surface area contributed by atoms with Gasteiger partial charge in [0.05, 0.1) is 7.11 Å². The van der Waals surface area contributed by atoms with Gasteiger partial charge < -0.3 is 15.2 Å². The topological polar surface area (TPSA) is 44.5 Å². The Bertz CT molecular complexity index is 504. The maximum absolute atomic E-state index is 12.3. The number of hydrogen-bond acceptors (Lipinski definition) is 3. The normalized spacial score (nSPS) is 25.1. The van der Waals surface area contributed by atoms with E-state index < -0.39 is 18.2 Å². The van der Waals surface area contributed by atoms with Crippen LogP contribution in [0.25, 0.3) is 0 Å². The van der Waals surface area contributed by atoms with Crippen LogP contribution in [-0.2, 0) is 0 Å². The Labute approximate surface area is 122 Å². The van der Waals surface area contributed by atoms with E-state index in [1.807, 2.05) is 13.0 Å². The smallest absolute Gasteiger partial charge is 0.389 e. The zero-order valence-corrected chi connectivity index (χ0v) is 12.2. The third-order valence-electron chi connectivity index (χ3n) is 3.79. The van der Waals surface area contributed by atoms with Gasteiger partial charge in [0.1, 0.15) is 17.1 Å². The average Bonchev–Trinajstić information content (AvgIpc) is 2.35. The lowest BCUT2D eigenvalue weighted by atomic mass is 9.85. The lowest BCUT2D eigenvalue weighted by molar-refractivity contribution is -0.137. The minimum absolute atomic E-state index is 0.0338. The number of benzene rings is 1. The Hall–Kier alpha value is -1.43. The molecule has 1 aliphatic heterocycles. The van der Waals surface area contributed by atoms with E-state index >= 15 is 0 Å². The fourth-order valence-electron chi connectivity index (χ4n) is 2.73. The molecule has 6 heteroatoms. The molecule has 1 aromatic carbocycles. The van der Waals surface area contributed by atoms with Crippen molar-refractivity contribution in [3.8, 4) is 11.5 Å². The van der Waals surface area contributed by atoms with Gasteiger partial charge in [-0.25, -0.2) is 0 Å². The first kappa shape index (κ1) is 15.9. The van der Waals surface area contributed by atoms with Crippen LogP contribution in [0.5, 0.6) is 11.5 Å². The van der Waals surface area contributed by atoms with Crippen LogP contribution in [0.1, 0.15) is 44.2 Å². The van der Waals surface area contributed by atoms with Crippen molar-refractivity contribution in [3.05, 3.63) is 23.8 Å². The molecule has 0 radical (unpaired) electrons. The number of alkyl halides is 3. The van der Waals surface area contributed by atoms with Gasteiger partial charge in [-0.1, -0.05) is 6.07 Å². The molecule has 21 heavy (non-hydrogen) atoms. The molecule has 0 spiro atoms. The van der Waals surface area contributed by atoms with Crippen LogP contribution < -0.4 is 15.2 Å².